The molecule has 1 heterocycles. The van der Waals surface area contributed by atoms with E-state index in [4.69, 9.17) is 4.74 Å². The summed E-state index contributed by atoms with van der Waals surface area (Å²) in [7, 11) is 1.57. The Morgan fingerprint density at radius 1 is 1.24 bits per heavy atom. The van der Waals surface area contributed by atoms with Gasteiger partial charge in [-0.05, 0) is 36.8 Å². The first-order valence-corrected chi connectivity index (χ1v) is 8.06. The number of hydrogen-bond acceptors (Lipinski definition) is 3. The molecule has 3 rings (SSSR count). The van der Waals surface area contributed by atoms with E-state index < -0.39 is 5.92 Å². The van der Waals surface area contributed by atoms with Gasteiger partial charge >= 0.3 is 0 Å². The first-order valence-electron chi connectivity index (χ1n) is 8.06. The smallest absolute Gasteiger partial charge is 0.239 e. The van der Waals surface area contributed by atoms with Crippen LogP contribution in [-0.2, 0) is 16.1 Å². The lowest BCUT2D eigenvalue weighted by Crippen LogP contribution is -2.36. The number of ether oxygens (including phenoxy) is 1. The topological polar surface area (TPSA) is 58.6 Å². The Bertz CT molecular complexity index is 776. The molecule has 25 heavy (non-hydrogen) atoms. The number of methoxy groups -OCH3 is 1. The van der Waals surface area contributed by atoms with E-state index in [0.717, 1.165) is 5.56 Å². The van der Waals surface area contributed by atoms with Crippen molar-refractivity contribution in [1.82, 2.24) is 5.32 Å². The molecule has 1 saturated heterocycles. The average molecular weight is 342 g/mol. The van der Waals surface area contributed by atoms with Gasteiger partial charge < -0.3 is 15.0 Å². The van der Waals surface area contributed by atoms with E-state index in [1.165, 1.54) is 17.0 Å². The maximum Gasteiger partial charge on any atom is 0.239 e. The first-order chi connectivity index (χ1) is 12.1. The number of carbonyl (C=O) groups excluding carboxylic acids is 2. The van der Waals surface area contributed by atoms with Crippen molar-refractivity contribution in [1.29, 1.82) is 0 Å². The second kappa shape index (κ2) is 7.34. The van der Waals surface area contributed by atoms with Crippen molar-refractivity contribution in [3.8, 4) is 5.75 Å². The molecule has 130 valence electrons. The zero-order valence-corrected chi connectivity index (χ0v) is 13.9. The average Bonchev–Trinajstić information content (AvgIpc) is 3.02. The zero-order valence-electron chi connectivity index (χ0n) is 13.9. The van der Waals surface area contributed by atoms with Crippen LogP contribution in [0.4, 0.5) is 10.1 Å². The van der Waals surface area contributed by atoms with Gasteiger partial charge in [0, 0.05) is 24.3 Å². The third-order valence-electron chi connectivity index (χ3n) is 4.31. The molecule has 5 nitrogen and oxygen atoms in total. The number of hydrogen-bond donors (Lipinski definition) is 1. The predicted molar refractivity (Wildman–Crippen MR) is 91.7 cm³/mol. The van der Waals surface area contributed by atoms with Gasteiger partial charge in [0.2, 0.25) is 11.8 Å². The van der Waals surface area contributed by atoms with Crippen molar-refractivity contribution in [2.45, 2.75) is 13.0 Å². The molecule has 1 N–H and O–H groups in total. The summed E-state index contributed by atoms with van der Waals surface area (Å²) in [6, 6.07) is 13.1. The first kappa shape index (κ1) is 17.0. The molecular formula is C19H19FN2O3. The number of amides is 2. The SMILES string of the molecule is COc1ccccc1CNC(=O)[C@@H]1CCN(c2ccc(F)cc2)C1=O. The fraction of sp³-hybridized carbons (Fsp3) is 0.263. The molecule has 2 aromatic carbocycles. The Hall–Kier alpha value is -2.89. The zero-order chi connectivity index (χ0) is 17.8. The Morgan fingerprint density at radius 2 is 1.96 bits per heavy atom. The van der Waals surface area contributed by atoms with Gasteiger partial charge in [-0.25, -0.2) is 4.39 Å². The molecule has 2 amide bonds. The molecule has 0 radical (unpaired) electrons. The van der Waals surface area contributed by atoms with Crippen LogP contribution in [0.25, 0.3) is 0 Å². The molecule has 1 aliphatic rings. The van der Waals surface area contributed by atoms with Crippen LogP contribution in [-0.4, -0.2) is 25.5 Å². The maximum atomic E-state index is 13.0. The van der Waals surface area contributed by atoms with E-state index in [1.54, 1.807) is 19.2 Å². The quantitative estimate of drug-likeness (QED) is 0.850. The Balaban J connectivity index is 1.63. The minimum atomic E-state index is -0.722. The van der Waals surface area contributed by atoms with Gasteiger partial charge in [0.25, 0.3) is 0 Å². The number of rotatable bonds is 5. The number of carbonyl (C=O) groups is 2. The molecule has 0 saturated carbocycles. The summed E-state index contributed by atoms with van der Waals surface area (Å²) in [4.78, 5) is 26.4. The number of nitrogens with zero attached hydrogens (tertiary/aromatic N) is 1. The Labute approximate surface area is 145 Å². The van der Waals surface area contributed by atoms with E-state index in [0.29, 0.717) is 30.9 Å². The molecule has 0 bridgehead atoms. The lowest BCUT2D eigenvalue weighted by molar-refractivity contribution is -0.132. The van der Waals surface area contributed by atoms with Gasteiger partial charge in [0.1, 0.15) is 17.5 Å². The second-order valence-corrected chi connectivity index (χ2v) is 5.84. The Morgan fingerprint density at radius 3 is 2.68 bits per heavy atom. The third-order valence-corrected chi connectivity index (χ3v) is 4.31. The molecule has 1 aliphatic heterocycles. The number of anilines is 1. The minimum Gasteiger partial charge on any atom is -0.496 e. The summed E-state index contributed by atoms with van der Waals surface area (Å²) in [5, 5.41) is 2.80. The van der Waals surface area contributed by atoms with Crippen molar-refractivity contribution < 1.29 is 18.7 Å². The van der Waals surface area contributed by atoms with Gasteiger partial charge in [-0.3, -0.25) is 9.59 Å². The van der Waals surface area contributed by atoms with E-state index in [2.05, 4.69) is 5.32 Å². The number of nitrogens with one attached hydrogen (secondary N) is 1. The standard InChI is InChI=1S/C19H19FN2O3/c1-25-17-5-3-2-4-13(17)12-21-18(23)16-10-11-22(19(16)24)15-8-6-14(20)7-9-15/h2-9,16H,10-12H2,1H3,(H,21,23)/t16-/m0/s1. The maximum absolute atomic E-state index is 13.0. The van der Waals surface area contributed by atoms with Crippen LogP contribution in [0.3, 0.4) is 0 Å². The molecule has 2 aromatic rings. The number of para-hydroxylation sites is 1. The number of halogens is 1. The molecule has 6 heteroatoms. The monoisotopic (exact) mass is 342 g/mol. The highest BCUT2D eigenvalue weighted by Crippen LogP contribution is 2.26. The van der Waals surface area contributed by atoms with E-state index in [-0.39, 0.29) is 17.6 Å². The van der Waals surface area contributed by atoms with Crippen molar-refractivity contribution in [2.24, 2.45) is 5.92 Å². The van der Waals surface area contributed by atoms with Gasteiger partial charge in [0.15, 0.2) is 0 Å². The predicted octanol–water partition coefficient (Wildman–Crippen LogP) is 2.50. The fourth-order valence-electron chi connectivity index (χ4n) is 2.96. The molecule has 1 atom stereocenters. The van der Waals surface area contributed by atoms with Gasteiger partial charge in [-0.1, -0.05) is 18.2 Å². The largest absolute Gasteiger partial charge is 0.496 e. The van der Waals surface area contributed by atoms with Crippen LogP contribution in [0.1, 0.15) is 12.0 Å². The van der Waals surface area contributed by atoms with Crippen LogP contribution >= 0.6 is 0 Å². The molecule has 0 aromatic heterocycles. The minimum absolute atomic E-state index is 0.260. The normalized spacial score (nSPS) is 16.8. The van der Waals surface area contributed by atoms with Gasteiger partial charge in [0.05, 0.1) is 7.11 Å². The molecule has 0 unspecified atom stereocenters. The highest BCUT2D eigenvalue weighted by molar-refractivity contribution is 6.09. The van der Waals surface area contributed by atoms with Crippen LogP contribution < -0.4 is 15.0 Å². The van der Waals surface area contributed by atoms with Gasteiger partial charge in [-0.15, -0.1) is 0 Å². The summed E-state index contributed by atoms with van der Waals surface area (Å²) in [5.41, 5.74) is 1.45. The van der Waals surface area contributed by atoms with Crippen molar-refractivity contribution in [2.75, 3.05) is 18.6 Å². The number of benzene rings is 2. The molecule has 0 aliphatic carbocycles. The molecule has 1 fully saturated rings. The Kier molecular flexibility index (Phi) is 4.97. The fourth-order valence-corrected chi connectivity index (χ4v) is 2.96. The molecular weight excluding hydrogens is 323 g/mol. The lowest BCUT2D eigenvalue weighted by Gasteiger charge is -2.17. The van der Waals surface area contributed by atoms with Gasteiger partial charge in [-0.2, -0.15) is 0 Å². The summed E-state index contributed by atoms with van der Waals surface area (Å²) in [6.07, 6.45) is 0.438. The third kappa shape index (κ3) is 3.63. The summed E-state index contributed by atoms with van der Waals surface area (Å²) in [6.45, 7) is 0.736. The van der Waals surface area contributed by atoms with E-state index >= 15 is 0 Å². The van der Waals surface area contributed by atoms with Crippen molar-refractivity contribution >= 4 is 17.5 Å². The summed E-state index contributed by atoms with van der Waals surface area (Å²) in [5.74, 6) is -0.959. The summed E-state index contributed by atoms with van der Waals surface area (Å²) >= 11 is 0. The van der Waals surface area contributed by atoms with Crippen LogP contribution in [0.2, 0.25) is 0 Å². The van der Waals surface area contributed by atoms with Crippen LogP contribution in [0, 0.1) is 11.7 Å². The highest BCUT2D eigenvalue weighted by atomic mass is 19.1. The highest BCUT2D eigenvalue weighted by Gasteiger charge is 2.37. The molecule has 0 spiro atoms. The summed E-state index contributed by atoms with van der Waals surface area (Å²) < 4.78 is 18.3. The van der Waals surface area contributed by atoms with E-state index in [9.17, 15) is 14.0 Å². The van der Waals surface area contributed by atoms with Crippen molar-refractivity contribution in [3.05, 3.63) is 59.9 Å². The van der Waals surface area contributed by atoms with Crippen LogP contribution in [0.15, 0.2) is 48.5 Å². The lowest BCUT2D eigenvalue weighted by atomic mass is 10.1. The van der Waals surface area contributed by atoms with Crippen molar-refractivity contribution in [3.63, 3.8) is 0 Å². The van der Waals surface area contributed by atoms with Crippen LogP contribution in [0.5, 0.6) is 5.75 Å². The van der Waals surface area contributed by atoms with E-state index in [1.807, 2.05) is 24.3 Å². The second-order valence-electron chi connectivity index (χ2n) is 5.84.